The summed E-state index contributed by atoms with van der Waals surface area (Å²) in [5.74, 6) is 0. The molecule has 0 unspecified atom stereocenters. The van der Waals surface area contributed by atoms with Crippen LogP contribution in [-0.4, -0.2) is 11.5 Å². The van der Waals surface area contributed by atoms with E-state index in [1.807, 2.05) is 18.3 Å². The van der Waals surface area contributed by atoms with Gasteiger partial charge in [-0.2, -0.15) is 0 Å². The normalized spacial score (nSPS) is 10.7. The Bertz CT molecular complexity index is 532. The first-order valence-electron chi connectivity index (χ1n) is 6.84. The number of rotatable bonds is 5. The predicted octanol–water partition coefficient (Wildman–Crippen LogP) is 3.34. The number of aromatic nitrogens is 1. The van der Waals surface area contributed by atoms with Crippen molar-refractivity contribution in [1.82, 2.24) is 10.3 Å². The monoisotopic (exact) mass is 254 g/mol. The van der Waals surface area contributed by atoms with Crippen molar-refractivity contribution in [2.24, 2.45) is 0 Å². The van der Waals surface area contributed by atoms with Crippen LogP contribution in [0.25, 0.3) is 0 Å². The summed E-state index contributed by atoms with van der Waals surface area (Å²) in [7, 11) is 0. The van der Waals surface area contributed by atoms with Crippen LogP contribution in [0.5, 0.6) is 0 Å². The van der Waals surface area contributed by atoms with Gasteiger partial charge in [-0.3, -0.25) is 4.98 Å². The van der Waals surface area contributed by atoms with Crippen LogP contribution >= 0.6 is 0 Å². The van der Waals surface area contributed by atoms with Gasteiger partial charge in [0.1, 0.15) is 0 Å². The predicted molar refractivity (Wildman–Crippen MR) is 80.3 cm³/mol. The molecule has 0 atom stereocenters. The molecule has 0 saturated carbocycles. The molecule has 0 aliphatic carbocycles. The van der Waals surface area contributed by atoms with Crippen LogP contribution < -0.4 is 5.32 Å². The number of nitrogens with one attached hydrogen (secondary N) is 1. The Morgan fingerprint density at radius 3 is 2.53 bits per heavy atom. The molecule has 1 aromatic carbocycles. The Balaban J connectivity index is 1.85. The highest BCUT2D eigenvalue weighted by atomic mass is 14.9. The summed E-state index contributed by atoms with van der Waals surface area (Å²) in [6.45, 7) is 8.41. The molecule has 1 N–H and O–H groups in total. The van der Waals surface area contributed by atoms with Crippen molar-refractivity contribution >= 4 is 0 Å². The van der Waals surface area contributed by atoms with Crippen LogP contribution in [0.4, 0.5) is 0 Å². The van der Waals surface area contributed by atoms with Crippen LogP contribution in [-0.2, 0) is 13.0 Å². The highest BCUT2D eigenvalue weighted by molar-refractivity contribution is 5.36. The fourth-order valence-corrected chi connectivity index (χ4v) is 2.20. The first kappa shape index (κ1) is 13.8. The van der Waals surface area contributed by atoms with E-state index in [9.17, 15) is 0 Å². The van der Waals surface area contributed by atoms with Crippen LogP contribution in [0.2, 0.25) is 0 Å². The quantitative estimate of drug-likeness (QED) is 0.828. The third-order valence-electron chi connectivity index (χ3n) is 3.55. The fraction of sp³-hybridized carbons (Fsp3) is 0.353. The SMILES string of the molecule is Cc1cc(C)c(CNCCc2ccccn2)cc1C. The third-order valence-corrected chi connectivity index (χ3v) is 3.55. The average Bonchev–Trinajstić information content (AvgIpc) is 2.41. The lowest BCUT2D eigenvalue weighted by Gasteiger charge is -2.11. The van der Waals surface area contributed by atoms with Gasteiger partial charge < -0.3 is 5.32 Å². The van der Waals surface area contributed by atoms with Crippen LogP contribution in [0, 0.1) is 20.8 Å². The lowest BCUT2D eigenvalue weighted by Crippen LogP contribution is -2.17. The van der Waals surface area contributed by atoms with E-state index in [1.54, 1.807) is 0 Å². The zero-order chi connectivity index (χ0) is 13.7. The van der Waals surface area contributed by atoms with Crippen LogP contribution in [0.1, 0.15) is 27.9 Å². The fourth-order valence-electron chi connectivity index (χ4n) is 2.20. The molecule has 0 bridgehead atoms. The third kappa shape index (κ3) is 3.90. The van der Waals surface area contributed by atoms with Gasteiger partial charge in [0.05, 0.1) is 0 Å². The molecular weight excluding hydrogens is 232 g/mol. The number of benzene rings is 1. The standard InChI is InChI=1S/C17H22N2/c1-13-10-15(3)16(11-14(13)2)12-18-9-7-17-6-4-5-8-19-17/h4-6,8,10-11,18H,7,9,12H2,1-3H3. The van der Waals surface area contributed by atoms with Crippen molar-refractivity contribution in [3.05, 3.63) is 64.5 Å². The molecule has 2 aromatic rings. The van der Waals surface area contributed by atoms with Crippen LogP contribution in [0.3, 0.4) is 0 Å². The minimum absolute atomic E-state index is 0.930. The van der Waals surface area contributed by atoms with Crippen molar-refractivity contribution in [2.75, 3.05) is 6.54 Å². The number of pyridine rings is 1. The Hall–Kier alpha value is -1.67. The summed E-state index contributed by atoms with van der Waals surface area (Å²) >= 11 is 0. The molecule has 0 spiro atoms. The van der Waals surface area contributed by atoms with E-state index in [-0.39, 0.29) is 0 Å². The van der Waals surface area contributed by atoms with Crippen molar-refractivity contribution in [2.45, 2.75) is 33.7 Å². The second-order valence-corrected chi connectivity index (χ2v) is 5.11. The molecule has 100 valence electrons. The number of hydrogen-bond donors (Lipinski definition) is 1. The zero-order valence-electron chi connectivity index (χ0n) is 12.0. The van der Waals surface area contributed by atoms with E-state index in [0.29, 0.717) is 0 Å². The zero-order valence-corrected chi connectivity index (χ0v) is 12.0. The van der Waals surface area contributed by atoms with Gasteiger partial charge in [-0.15, -0.1) is 0 Å². The summed E-state index contributed by atoms with van der Waals surface area (Å²) in [5.41, 5.74) is 6.64. The highest BCUT2D eigenvalue weighted by Crippen LogP contribution is 2.14. The smallest absolute Gasteiger partial charge is 0.0416 e. The van der Waals surface area contributed by atoms with Gasteiger partial charge in [-0.1, -0.05) is 18.2 Å². The van der Waals surface area contributed by atoms with Gasteiger partial charge in [0.25, 0.3) is 0 Å². The van der Waals surface area contributed by atoms with Crippen molar-refractivity contribution in [1.29, 1.82) is 0 Å². The molecule has 0 aliphatic rings. The van der Waals surface area contributed by atoms with Gasteiger partial charge in [0.2, 0.25) is 0 Å². The topological polar surface area (TPSA) is 24.9 Å². The molecule has 1 heterocycles. The number of nitrogens with zero attached hydrogens (tertiary/aromatic N) is 1. The van der Waals surface area contributed by atoms with E-state index < -0.39 is 0 Å². The summed E-state index contributed by atoms with van der Waals surface area (Å²) in [6, 6.07) is 10.6. The summed E-state index contributed by atoms with van der Waals surface area (Å²) in [6.07, 6.45) is 2.83. The molecule has 2 nitrogen and oxygen atoms in total. The lowest BCUT2D eigenvalue weighted by molar-refractivity contribution is 0.677. The first-order valence-corrected chi connectivity index (χ1v) is 6.84. The van der Waals surface area contributed by atoms with Crippen LogP contribution in [0.15, 0.2) is 36.5 Å². The van der Waals surface area contributed by atoms with E-state index in [1.165, 1.54) is 22.3 Å². The van der Waals surface area contributed by atoms with Crippen molar-refractivity contribution in [3.8, 4) is 0 Å². The Labute approximate surface area is 115 Å². The molecular formula is C17H22N2. The second kappa shape index (κ2) is 6.48. The maximum atomic E-state index is 4.33. The molecule has 2 heteroatoms. The van der Waals surface area contributed by atoms with E-state index >= 15 is 0 Å². The van der Waals surface area contributed by atoms with Crippen molar-refractivity contribution in [3.63, 3.8) is 0 Å². The van der Waals surface area contributed by atoms with Gasteiger partial charge in [-0.05, 0) is 55.2 Å². The molecule has 0 radical (unpaired) electrons. The average molecular weight is 254 g/mol. The van der Waals surface area contributed by atoms with E-state index in [2.05, 4.69) is 49.3 Å². The molecule has 2 rings (SSSR count). The van der Waals surface area contributed by atoms with Gasteiger partial charge in [-0.25, -0.2) is 0 Å². The molecule has 0 aliphatic heterocycles. The summed E-state index contributed by atoms with van der Waals surface area (Å²) in [4.78, 5) is 4.33. The molecule has 0 amide bonds. The Kier molecular flexibility index (Phi) is 4.69. The summed E-state index contributed by atoms with van der Waals surface area (Å²) in [5, 5.41) is 3.50. The lowest BCUT2D eigenvalue weighted by atomic mass is 10.0. The number of hydrogen-bond acceptors (Lipinski definition) is 2. The second-order valence-electron chi connectivity index (χ2n) is 5.11. The largest absolute Gasteiger partial charge is 0.312 e. The summed E-state index contributed by atoms with van der Waals surface area (Å²) < 4.78 is 0. The molecule has 0 saturated heterocycles. The van der Waals surface area contributed by atoms with Gasteiger partial charge in [0.15, 0.2) is 0 Å². The van der Waals surface area contributed by atoms with E-state index in [0.717, 1.165) is 25.2 Å². The van der Waals surface area contributed by atoms with Gasteiger partial charge in [0, 0.05) is 31.4 Å². The number of aryl methyl sites for hydroxylation is 3. The Morgan fingerprint density at radius 2 is 1.79 bits per heavy atom. The first-order chi connectivity index (χ1) is 9.16. The van der Waals surface area contributed by atoms with Crippen molar-refractivity contribution < 1.29 is 0 Å². The van der Waals surface area contributed by atoms with E-state index in [4.69, 9.17) is 0 Å². The highest BCUT2D eigenvalue weighted by Gasteiger charge is 2.01. The maximum absolute atomic E-state index is 4.33. The molecule has 19 heavy (non-hydrogen) atoms. The maximum Gasteiger partial charge on any atom is 0.0416 e. The van der Waals surface area contributed by atoms with Gasteiger partial charge >= 0.3 is 0 Å². The molecule has 1 aromatic heterocycles. The minimum atomic E-state index is 0.930. The Morgan fingerprint density at radius 1 is 1.00 bits per heavy atom. The minimum Gasteiger partial charge on any atom is -0.312 e. The molecule has 0 fully saturated rings.